The highest BCUT2D eigenvalue weighted by molar-refractivity contribution is 4.90. The molecule has 0 saturated heterocycles. The lowest BCUT2D eigenvalue weighted by molar-refractivity contribution is 0.375. The first-order chi connectivity index (χ1) is 6.39. The molecule has 76 valence electrons. The van der Waals surface area contributed by atoms with Crippen molar-refractivity contribution in [2.45, 2.75) is 64.2 Å². The van der Waals surface area contributed by atoms with E-state index in [-0.39, 0.29) is 0 Å². The van der Waals surface area contributed by atoms with Gasteiger partial charge in [0.25, 0.3) is 0 Å². The Morgan fingerprint density at radius 2 is 1.31 bits per heavy atom. The molecule has 0 atom stereocenters. The van der Waals surface area contributed by atoms with Crippen LogP contribution in [0.5, 0.6) is 0 Å². The van der Waals surface area contributed by atoms with E-state index in [0.717, 1.165) is 12.8 Å². The Hall–Kier alpha value is -0.460. The van der Waals surface area contributed by atoms with Gasteiger partial charge in [-0.15, -0.1) is 0 Å². The highest BCUT2D eigenvalue weighted by Gasteiger charge is 1.97. The molecule has 0 heterocycles. The summed E-state index contributed by atoms with van der Waals surface area (Å²) in [7, 11) is 0. The van der Waals surface area contributed by atoms with Crippen LogP contribution in [0.15, 0.2) is 11.8 Å². The molecule has 1 heteroatoms. The lowest BCUT2D eigenvalue weighted by Crippen LogP contribution is -1.87. The molecular formula is C12H22O. The lowest BCUT2D eigenvalue weighted by atomic mass is 10.0. The van der Waals surface area contributed by atoms with Gasteiger partial charge in [-0.3, -0.25) is 0 Å². The Kier molecular flexibility index (Phi) is 5.71. The van der Waals surface area contributed by atoms with Crippen molar-refractivity contribution >= 4 is 0 Å². The van der Waals surface area contributed by atoms with Crippen molar-refractivity contribution in [1.29, 1.82) is 0 Å². The smallest absolute Gasteiger partial charge is 0.0882 e. The summed E-state index contributed by atoms with van der Waals surface area (Å²) in [5.74, 6) is 0.626. The molecule has 0 unspecified atom stereocenters. The van der Waals surface area contributed by atoms with Gasteiger partial charge in [-0.1, -0.05) is 38.5 Å². The fourth-order valence-corrected chi connectivity index (χ4v) is 1.88. The van der Waals surface area contributed by atoms with Crippen LogP contribution in [-0.4, -0.2) is 5.11 Å². The zero-order valence-electron chi connectivity index (χ0n) is 8.60. The third-order valence-electron chi connectivity index (χ3n) is 2.77. The minimum atomic E-state index is 0.626. The molecule has 0 bridgehead atoms. The van der Waals surface area contributed by atoms with E-state index in [9.17, 15) is 5.11 Å². The minimum Gasteiger partial charge on any atom is -0.513 e. The highest BCUT2D eigenvalue weighted by Crippen LogP contribution is 2.15. The summed E-state index contributed by atoms with van der Waals surface area (Å²) in [6.07, 6.45) is 14.6. The van der Waals surface area contributed by atoms with Gasteiger partial charge >= 0.3 is 0 Å². The van der Waals surface area contributed by atoms with Gasteiger partial charge in [0, 0.05) is 6.42 Å². The van der Waals surface area contributed by atoms with Crippen molar-refractivity contribution in [3.8, 4) is 0 Å². The first-order valence-electron chi connectivity index (χ1n) is 5.77. The molecule has 1 nitrogen and oxygen atoms in total. The molecule has 1 aliphatic rings. The fourth-order valence-electron chi connectivity index (χ4n) is 1.88. The second-order valence-corrected chi connectivity index (χ2v) is 4.06. The Morgan fingerprint density at radius 3 is 2.00 bits per heavy atom. The molecule has 0 fully saturated rings. The topological polar surface area (TPSA) is 20.2 Å². The summed E-state index contributed by atoms with van der Waals surface area (Å²) in [4.78, 5) is 0. The first kappa shape index (κ1) is 10.6. The molecule has 1 rings (SSSR count). The van der Waals surface area contributed by atoms with Gasteiger partial charge in [-0.05, 0) is 25.3 Å². The maximum absolute atomic E-state index is 9.45. The molecular weight excluding hydrogens is 160 g/mol. The molecule has 0 radical (unpaired) electrons. The minimum absolute atomic E-state index is 0.626. The molecule has 0 amide bonds. The van der Waals surface area contributed by atoms with Crippen LogP contribution in [-0.2, 0) is 0 Å². The van der Waals surface area contributed by atoms with Crippen molar-refractivity contribution < 1.29 is 5.11 Å². The number of rotatable bonds is 0. The zero-order valence-corrected chi connectivity index (χ0v) is 8.60. The van der Waals surface area contributed by atoms with Crippen molar-refractivity contribution in [2.75, 3.05) is 0 Å². The van der Waals surface area contributed by atoms with Crippen LogP contribution >= 0.6 is 0 Å². The van der Waals surface area contributed by atoms with E-state index >= 15 is 0 Å². The molecule has 0 saturated carbocycles. The predicted octanol–water partition coefficient (Wildman–Crippen LogP) is 4.34. The van der Waals surface area contributed by atoms with Gasteiger partial charge in [-0.2, -0.15) is 0 Å². The van der Waals surface area contributed by atoms with Crippen LogP contribution < -0.4 is 0 Å². The molecule has 1 N–H and O–H groups in total. The van der Waals surface area contributed by atoms with Crippen molar-refractivity contribution in [2.24, 2.45) is 0 Å². The largest absolute Gasteiger partial charge is 0.513 e. The van der Waals surface area contributed by atoms with E-state index in [4.69, 9.17) is 0 Å². The Balaban J connectivity index is 2.23. The van der Waals surface area contributed by atoms with Crippen molar-refractivity contribution in [3.05, 3.63) is 11.8 Å². The summed E-state index contributed by atoms with van der Waals surface area (Å²) in [5.41, 5.74) is 0. The van der Waals surface area contributed by atoms with Gasteiger partial charge < -0.3 is 5.11 Å². The van der Waals surface area contributed by atoms with Crippen LogP contribution in [0.2, 0.25) is 0 Å². The third-order valence-corrected chi connectivity index (χ3v) is 2.77. The number of hydrogen-bond donors (Lipinski definition) is 1. The predicted molar refractivity (Wildman–Crippen MR) is 56.9 cm³/mol. The quantitative estimate of drug-likeness (QED) is 0.590. The van der Waals surface area contributed by atoms with Gasteiger partial charge in [0.1, 0.15) is 0 Å². The number of allylic oxidation sites excluding steroid dienone is 2. The molecule has 1 aliphatic carbocycles. The molecule has 0 aromatic heterocycles. The number of aliphatic hydroxyl groups is 1. The number of aliphatic hydroxyl groups excluding tert-OH is 1. The summed E-state index contributed by atoms with van der Waals surface area (Å²) in [6.45, 7) is 0. The van der Waals surface area contributed by atoms with Crippen LogP contribution in [0.25, 0.3) is 0 Å². The summed E-state index contributed by atoms with van der Waals surface area (Å²) in [6, 6.07) is 0. The summed E-state index contributed by atoms with van der Waals surface area (Å²) in [5, 5.41) is 9.45. The average Bonchev–Trinajstić information content (AvgIpc) is 2.11. The maximum atomic E-state index is 9.45. The summed E-state index contributed by atoms with van der Waals surface area (Å²) < 4.78 is 0. The van der Waals surface area contributed by atoms with Crippen molar-refractivity contribution in [3.63, 3.8) is 0 Å². The van der Waals surface area contributed by atoms with Crippen LogP contribution in [0.1, 0.15) is 64.2 Å². The van der Waals surface area contributed by atoms with Gasteiger partial charge in [0.15, 0.2) is 0 Å². The second kappa shape index (κ2) is 6.99. The average molecular weight is 182 g/mol. The monoisotopic (exact) mass is 182 g/mol. The first-order valence-corrected chi connectivity index (χ1v) is 5.77. The van der Waals surface area contributed by atoms with Gasteiger partial charge in [-0.25, -0.2) is 0 Å². The molecule has 0 aliphatic heterocycles. The molecule has 0 aromatic rings. The maximum Gasteiger partial charge on any atom is 0.0882 e. The number of hydrogen-bond acceptors (Lipinski definition) is 1. The van der Waals surface area contributed by atoms with E-state index in [2.05, 4.69) is 0 Å². The SMILES string of the molecule is OC1=CCCCCCCCCCC1. The van der Waals surface area contributed by atoms with Crippen molar-refractivity contribution in [1.82, 2.24) is 0 Å². The van der Waals surface area contributed by atoms with E-state index in [0.29, 0.717) is 5.76 Å². The molecule has 0 spiro atoms. The fraction of sp³-hybridized carbons (Fsp3) is 0.833. The lowest BCUT2D eigenvalue weighted by Gasteiger charge is -2.04. The van der Waals surface area contributed by atoms with E-state index in [1.165, 1.54) is 51.4 Å². The third kappa shape index (κ3) is 5.73. The molecule has 13 heavy (non-hydrogen) atoms. The molecule has 0 aromatic carbocycles. The van der Waals surface area contributed by atoms with E-state index in [1.807, 2.05) is 6.08 Å². The van der Waals surface area contributed by atoms with Crippen LogP contribution in [0.3, 0.4) is 0 Å². The highest BCUT2D eigenvalue weighted by atomic mass is 16.3. The van der Waals surface area contributed by atoms with E-state index in [1.54, 1.807) is 0 Å². The Bertz CT molecular complexity index is 149. The van der Waals surface area contributed by atoms with Gasteiger partial charge in [0.2, 0.25) is 0 Å². The normalized spacial score (nSPS) is 22.6. The summed E-state index contributed by atoms with van der Waals surface area (Å²) >= 11 is 0. The Morgan fingerprint density at radius 1 is 0.769 bits per heavy atom. The van der Waals surface area contributed by atoms with Gasteiger partial charge in [0.05, 0.1) is 5.76 Å². The van der Waals surface area contributed by atoms with Crippen LogP contribution in [0.4, 0.5) is 0 Å². The zero-order chi connectivity index (χ0) is 9.36. The standard InChI is InChI=1S/C12H22O/c13-12-10-8-6-4-2-1-3-5-7-9-11-12/h10,13H,1-9,11H2. The van der Waals surface area contributed by atoms with Crippen LogP contribution in [0, 0.1) is 0 Å². The Labute approximate surface area is 81.9 Å². The van der Waals surface area contributed by atoms with E-state index < -0.39 is 0 Å². The second-order valence-electron chi connectivity index (χ2n) is 4.06.